The van der Waals surface area contributed by atoms with Crippen molar-refractivity contribution in [2.24, 2.45) is 5.92 Å². The van der Waals surface area contributed by atoms with Gasteiger partial charge in [-0.25, -0.2) is 9.67 Å². The van der Waals surface area contributed by atoms with Crippen molar-refractivity contribution in [3.63, 3.8) is 0 Å². The van der Waals surface area contributed by atoms with E-state index in [0.717, 1.165) is 56.4 Å². The Balaban J connectivity index is 1.25. The predicted molar refractivity (Wildman–Crippen MR) is 236 cm³/mol. The van der Waals surface area contributed by atoms with Crippen LogP contribution >= 0.6 is 0 Å². The maximum atomic E-state index is 12.0. The van der Waals surface area contributed by atoms with E-state index >= 15 is 0 Å². The summed E-state index contributed by atoms with van der Waals surface area (Å²) < 4.78 is 1.98. The van der Waals surface area contributed by atoms with Crippen LogP contribution in [0.4, 0.5) is 0 Å². The van der Waals surface area contributed by atoms with Gasteiger partial charge in [0, 0.05) is 11.5 Å². The number of carbonyl (C=O) groups excluding carboxylic acids is 1. The Morgan fingerprint density at radius 2 is 1.31 bits per heavy atom. The first kappa shape index (κ1) is 37.1. The number of aromatic amines is 1. The van der Waals surface area contributed by atoms with Crippen LogP contribution in [0.25, 0.3) is 38.9 Å². The highest BCUT2D eigenvalue weighted by Crippen LogP contribution is 2.45. The number of nitrogens with one attached hydrogen (secondary N) is 1. The number of fused-ring (bicyclic) bond motifs is 1. The molecule has 1 N–H and O–H groups in total. The number of imidazole rings is 1. The molecule has 2 heterocycles. The van der Waals surface area contributed by atoms with Gasteiger partial charge >= 0.3 is 0 Å². The number of carbonyl (C=O) groups is 1. The summed E-state index contributed by atoms with van der Waals surface area (Å²) in [5.41, 5.74) is 8.54. The van der Waals surface area contributed by atoms with Gasteiger partial charge in [-0.15, -0.1) is 5.10 Å². The van der Waals surface area contributed by atoms with E-state index in [0.29, 0.717) is 23.8 Å². The second-order valence-corrected chi connectivity index (χ2v) is 15.0. The van der Waals surface area contributed by atoms with Crippen LogP contribution in [-0.2, 0) is 5.54 Å². The van der Waals surface area contributed by atoms with E-state index < -0.39 is 5.54 Å². The van der Waals surface area contributed by atoms with Crippen molar-refractivity contribution in [3.8, 4) is 22.5 Å². The van der Waals surface area contributed by atoms with Crippen LogP contribution in [0.1, 0.15) is 63.4 Å². The molecular formula is C52H42N6O. The van der Waals surface area contributed by atoms with Gasteiger partial charge in [0.05, 0.1) is 11.9 Å². The number of allylic oxidation sites excluding steroid dienone is 1. The molecule has 0 aliphatic carbocycles. The van der Waals surface area contributed by atoms with E-state index in [1.165, 1.54) is 10.8 Å². The minimum atomic E-state index is -0.949. The van der Waals surface area contributed by atoms with E-state index in [9.17, 15) is 4.79 Å². The lowest BCUT2D eigenvalue weighted by atomic mass is 9.76. The van der Waals surface area contributed by atoms with Gasteiger partial charge in [-0.3, -0.25) is 4.79 Å². The topological polar surface area (TPSA) is 89.3 Å². The lowest BCUT2D eigenvalue weighted by Gasteiger charge is -2.36. The van der Waals surface area contributed by atoms with Gasteiger partial charge in [0.2, 0.25) is 0 Å². The molecule has 0 aliphatic heterocycles. The third kappa shape index (κ3) is 6.87. The molecule has 0 bridgehead atoms. The van der Waals surface area contributed by atoms with Crippen molar-refractivity contribution < 1.29 is 4.79 Å². The average Bonchev–Trinajstić information content (AvgIpc) is 3.99. The number of aldehydes is 1. The molecule has 59 heavy (non-hydrogen) atoms. The first-order chi connectivity index (χ1) is 29.1. The standard InChI is InChI=1S/C52H42N6O/c1-36(45-29-17-21-39-20-15-16-28-46(39)45)32-37(2)49(50-53-34-44(35-59)54-50)40-30-31-47(38-18-7-3-8-19-38)48(33-40)51-55-56-57-58(51)52(41-22-9-4-10-23-41,42-24-11-5-12-25-42)43-26-13-6-14-27-43/h3-31,33-35,37,49H,1,32H2,2H3,(H,53,54). The Bertz CT molecular complexity index is 2760. The van der Waals surface area contributed by atoms with Crippen LogP contribution in [0.3, 0.4) is 0 Å². The van der Waals surface area contributed by atoms with Gasteiger partial charge in [0.25, 0.3) is 0 Å². The maximum absolute atomic E-state index is 12.0. The number of benzene rings is 7. The highest BCUT2D eigenvalue weighted by Gasteiger charge is 2.42. The van der Waals surface area contributed by atoms with Gasteiger partial charge in [-0.05, 0) is 84.1 Å². The Hall–Kier alpha value is -7.51. The fourth-order valence-corrected chi connectivity index (χ4v) is 8.77. The van der Waals surface area contributed by atoms with E-state index in [1.54, 1.807) is 6.20 Å². The molecular weight excluding hydrogens is 725 g/mol. The van der Waals surface area contributed by atoms with E-state index in [4.69, 9.17) is 15.3 Å². The second kappa shape index (κ2) is 16.2. The molecule has 0 saturated heterocycles. The number of tetrazole rings is 1. The molecule has 0 radical (unpaired) electrons. The van der Waals surface area contributed by atoms with Gasteiger partial charge in [-0.2, -0.15) is 0 Å². The molecule has 0 aliphatic rings. The average molecular weight is 767 g/mol. The molecule has 2 atom stereocenters. The third-order valence-electron chi connectivity index (χ3n) is 11.4. The molecule has 286 valence electrons. The predicted octanol–water partition coefficient (Wildman–Crippen LogP) is 11.4. The normalized spacial score (nSPS) is 12.6. The molecule has 7 nitrogen and oxygen atoms in total. The lowest BCUT2D eigenvalue weighted by Crippen LogP contribution is -2.39. The summed E-state index contributed by atoms with van der Waals surface area (Å²) in [6, 6.07) is 63.0. The third-order valence-corrected chi connectivity index (χ3v) is 11.4. The summed E-state index contributed by atoms with van der Waals surface area (Å²) in [4.78, 5) is 20.2. The Morgan fingerprint density at radius 1 is 0.712 bits per heavy atom. The van der Waals surface area contributed by atoms with E-state index in [2.05, 4.69) is 169 Å². The van der Waals surface area contributed by atoms with Crippen LogP contribution in [0.2, 0.25) is 0 Å². The highest BCUT2D eigenvalue weighted by molar-refractivity contribution is 5.93. The Kier molecular flexibility index (Phi) is 10.2. The van der Waals surface area contributed by atoms with Crippen molar-refractivity contribution in [2.45, 2.75) is 24.8 Å². The molecule has 2 unspecified atom stereocenters. The molecule has 0 saturated carbocycles. The van der Waals surface area contributed by atoms with Crippen LogP contribution in [0.15, 0.2) is 195 Å². The molecule has 0 fully saturated rings. The number of H-pyrrole nitrogens is 1. The minimum Gasteiger partial charge on any atom is -0.339 e. The summed E-state index contributed by atoms with van der Waals surface area (Å²) in [5.74, 6) is 1.07. The molecule has 9 rings (SSSR count). The van der Waals surface area contributed by atoms with Gasteiger partial charge < -0.3 is 4.98 Å². The summed E-state index contributed by atoms with van der Waals surface area (Å²) in [7, 11) is 0. The SMILES string of the molecule is C=C(CC(C)C(c1ccc(-c2ccccc2)c(-c2nnnn2C(c2ccccc2)(c2ccccc2)c2ccccc2)c1)c1ncc(C=O)[nH]1)c1cccc2ccccc12. The Labute approximate surface area is 343 Å². The zero-order valence-electron chi connectivity index (χ0n) is 32.7. The van der Waals surface area contributed by atoms with Crippen molar-refractivity contribution in [1.82, 2.24) is 30.2 Å². The first-order valence-corrected chi connectivity index (χ1v) is 19.9. The van der Waals surface area contributed by atoms with Crippen LogP contribution in [0, 0.1) is 5.92 Å². The van der Waals surface area contributed by atoms with Crippen molar-refractivity contribution in [3.05, 3.63) is 234 Å². The van der Waals surface area contributed by atoms with Crippen molar-refractivity contribution in [2.75, 3.05) is 0 Å². The lowest BCUT2D eigenvalue weighted by molar-refractivity contribution is 0.111. The van der Waals surface area contributed by atoms with Gasteiger partial charge in [0.15, 0.2) is 12.1 Å². The first-order valence-electron chi connectivity index (χ1n) is 19.9. The fourth-order valence-electron chi connectivity index (χ4n) is 8.77. The smallest absolute Gasteiger partial charge is 0.184 e. The number of hydrogen-bond donors (Lipinski definition) is 1. The fraction of sp³-hybridized carbons (Fsp3) is 0.0962. The maximum Gasteiger partial charge on any atom is 0.184 e. The largest absolute Gasteiger partial charge is 0.339 e. The summed E-state index contributed by atoms with van der Waals surface area (Å²) in [5, 5.41) is 16.6. The molecule has 7 heteroatoms. The van der Waals surface area contributed by atoms with Crippen molar-refractivity contribution in [1.29, 1.82) is 0 Å². The van der Waals surface area contributed by atoms with Gasteiger partial charge in [0.1, 0.15) is 11.4 Å². The monoisotopic (exact) mass is 766 g/mol. The van der Waals surface area contributed by atoms with Crippen LogP contribution < -0.4 is 0 Å². The summed E-state index contributed by atoms with van der Waals surface area (Å²) >= 11 is 0. The molecule has 9 aromatic rings. The van der Waals surface area contributed by atoms with Crippen LogP contribution in [0.5, 0.6) is 0 Å². The van der Waals surface area contributed by atoms with Crippen molar-refractivity contribution >= 4 is 22.6 Å². The summed E-state index contributed by atoms with van der Waals surface area (Å²) in [6.07, 6.45) is 3.10. The van der Waals surface area contributed by atoms with Gasteiger partial charge in [-0.1, -0.05) is 189 Å². The number of rotatable bonds is 13. The Morgan fingerprint density at radius 3 is 1.93 bits per heavy atom. The minimum absolute atomic E-state index is 0.00980. The second-order valence-electron chi connectivity index (χ2n) is 15.0. The van der Waals surface area contributed by atoms with E-state index in [-0.39, 0.29) is 11.8 Å². The van der Waals surface area contributed by atoms with Crippen LogP contribution in [-0.4, -0.2) is 36.5 Å². The molecule has 7 aromatic carbocycles. The quantitative estimate of drug-likeness (QED) is 0.0932. The van der Waals surface area contributed by atoms with E-state index in [1.807, 2.05) is 41.1 Å². The molecule has 2 aromatic heterocycles. The molecule has 0 amide bonds. The molecule has 0 spiro atoms. The number of hydrogen-bond acceptors (Lipinski definition) is 5. The zero-order chi connectivity index (χ0) is 40.2. The summed E-state index contributed by atoms with van der Waals surface area (Å²) in [6.45, 7) is 6.85. The zero-order valence-corrected chi connectivity index (χ0v) is 32.7. The highest BCUT2D eigenvalue weighted by atomic mass is 16.1. The number of nitrogens with zero attached hydrogens (tertiary/aromatic N) is 5. The number of aromatic nitrogens is 6.